The van der Waals surface area contributed by atoms with Crippen LogP contribution in [0, 0.1) is 5.92 Å². The van der Waals surface area contributed by atoms with Crippen LogP contribution in [0.1, 0.15) is 23.2 Å². The molecule has 8 nitrogen and oxygen atoms in total. The number of aromatic nitrogens is 4. The topological polar surface area (TPSA) is 102 Å². The van der Waals surface area contributed by atoms with Crippen molar-refractivity contribution in [2.45, 2.75) is 18.0 Å². The van der Waals surface area contributed by atoms with E-state index in [-0.39, 0.29) is 17.7 Å². The Morgan fingerprint density at radius 2 is 1.82 bits per heavy atom. The molecule has 0 spiro atoms. The van der Waals surface area contributed by atoms with Gasteiger partial charge in [0, 0.05) is 22.9 Å². The zero-order valence-corrected chi connectivity index (χ0v) is 15.9. The number of rotatable bonds is 6. The lowest BCUT2D eigenvalue weighted by Crippen LogP contribution is -2.15. The van der Waals surface area contributed by atoms with Crippen LogP contribution in [0.15, 0.2) is 53.7 Å². The second-order valence-electron chi connectivity index (χ2n) is 6.43. The molecule has 0 atom stereocenters. The van der Waals surface area contributed by atoms with Crippen LogP contribution in [0.25, 0.3) is 5.69 Å². The Labute approximate surface area is 165 Å². The highest BCUT2D eigenvalue weighted by molar-refractivity contribution is 7.98. The molecule has 2 N–H and O–H groups in total. The Hall–Kier alpha value is -3.20. The summed E-state index contributed by atoms with van der Waals surface area (Å²) in [4.78, 5) is 24.6. The van der Waals surface area contributed by atoms with Crippen molar-refractivity contribution in [3.8, 4) is 5.69 Å². The Morgan fingerprint density at radius 1 is 1.07 bits per heavy atom. The van der Waals surface area contributed by atoms with Crippen LogP contribution < -0.4 is 10.6 Å². The lowest BCUT2D eigenvalue weighted by atomic mass is 10.1. The maximum Gasteiger partial charge on any atom is 0.255 e. The van der Waals surface area contributed by atoms with Gasteiger partial charge in [0.25, 0.3) is 5.91 Å². The summed E-state index contributed by atoms with van der Waals surface area (Å²) in [5.74, 6) is -0.143. The number of carbonyl (C=O) groups excluding carboxylic acids is 2. The van der Waals surface area contributed by atoms with E-state index in [1.165, 1.54) is 11.8 Å². The van der Waals surface area contributed by atoms with E-state index in [1.54, 1.807) is 41.1 Å². The predicted octanol–water partition coefficient (Wildman–Crippen LogP) is 2.99. The minimum absolute atomic E-state index is 0.0105. The summed E-state index contributed by atoms with van der Waals surface area (Å²) in [6.45, 7) is 0. The van der Waals surface area contributed by atoms with E-state index in [1.807, 2.05) is 18.4 Å². The van der Waals surface area contributed by atoms with E-state index in [0.29, 0.717) is 22.1 Å². The summed E-state index contributed by atoms with van der Waals surface area (Å²) in [5, 5.41) is 18.0. The molecule has 0 aliphatic heterocycles. The Balaban J connectivity index is 1.49. The standard InChI is InChI=1S/C19H18N6O2S/c1-28-19-22-23-24-25(19)16-7-3-6-15(11-16)21-18(27)13-4-2-5-14(10-13)20-17(26)12-8-9-12/h2-7,10-12H,8-9H2,1H3,(H,20,26)(H,21,27). The Bertz CT molecular complexity index is 1030. The van der Waals surface area contributed by atoms with Crippen molar-refractivity contribution < 1.29 is 9.59 Å². The maximum atomic E-state index is 12.6. The average Bonchev–Trinajstić information content (AvgIpc) is 3.45. The molecular weight excluding hydrogens is 376 g/mol. The van der Waals surface area contributed by atoms with Crippen molar-refractivity contribution in [1.82, 2.24) is 20.2 Å². The molecule has 2 amide bonds. The Morgan fingerprint density at radius 3 is 2.57 bits per heavy atom. The van der Waals surface area contributed by atoms with Gasteiger partial charge < -0.3 is 10.6 Å². The number of hydrogen-bond donors (Lipinski definition) is 2. The molecule has 0 radical (unpaired) electrons. The van der Waals surface area contributed by atoms with Crippen molar-refractivity contribution in [2.75, 3.05) is 16.9 Å². The monoisotopic (exact) mass is 394 g/mol. The highest BCUT2D eigenvalue weighted by Gasteiger charge is 2.29. The van der Waals surface area contributed by atoms with Gasteiger partial charge in [-0.1, -0.05) is 23.9 Å². The number of nitrogens with zero attached hydrogens (tertiary/aromatic N) is 4. The zero-order valence-electron chi connectivity index (χ0n) is 15.1. The smallest absolute Gasteiger partial charge is 0.255 e. The first kappa shape index (κ1) is 18.2. The molecule has 9 heteroatoms. The summed E-state index contributed by atoms with van der Waals surface area (Å²) < 4.78 is 1.61. The van der Waals surface area contributed by atoms with Gasteiger partial charge in [0.2, 0.25) is 11.1 Å². The molecule has 142 valence electrons. The molecule has 3 aromatic rings. The number of tetrazole rings is 1. The second-order valence-corrected chi connectivity index (χ2v) is 7.20. The quantitative estimate of drug-likeness (QED) is 0.623. The SMILES string of the molecule is CSc1nnnn1-c1cccc(NC(=O)c2cccc(NC(=O)C3CC3)c2)c1. The van der Waals surface area contributed by atoms with Crippen molar-refractivity contribution >= 4 is 35.0 Å². The highest BCUT2D eigenvalue weighted by Crippen LogP contribution is 2.30. The van der Waals surface area contributed by atoms with Crippen molar-refractivity contribution in [1.29, 1.82) is 0 Å². The number of anilines is 2. The molecule has 28 heavy (non-hydrogen) atoms. The summed E-state index contributed by atoms with van der Waals surface area (Å²) >= 11 is 1.43. The van der Waals surface area contributed by atoms with E-state index < -0.39 is 0 Å². The fraction of sp³-hybridized carbons (Fsp3) is 0.211. The maximum absolute atomic E-state index is 12.6. The number of thioether (sulfide) groups is 1. The summed E-state index contributed by atoms with van der Waals surface area (Å²) in [7, 11) is 0. The van der Waals surface area contributed by atoms with Crippen LogP contribution in [0.5, 0.6) is 0 Å². The lowest BCUT2D eigenvalue weighted by molar-refractivity contribution is -0.117. The van der Waals surface area contributed by atoms with Crippen LogP contribution in [0.4, 0.5) is 11.4 Å². The zero-order chi connectivity index (χ0) is 19.5. The van der Waals surface area contributed by atoms with Crippen LogP contribution >= 0.6 is 11.8 Å². The molecule has 0 bridgehead atoms. The van der Waals surface area contributed by atoms with E-state index in [0.717, 1.165) is 18.5 Å². The molecule has 1 saturated carbocycles. The van der Waals surface area contributed by atoms with Crippen LogP contribution in [-0.2, 0) is 4.79 Å². The molecule has 1 fully saturated rings. The first-order valence-electron chi connectivity index (χ1n) is 8.79. The van der Waals surface area contributed by atoms with Crippen LogP contribution in [0.2, 0.25) is 0 Å². The summed E-state index contributed by atoms with van der Waals surface area (Å²) in [6.07, 6.45) is 3.76. The fourth-order valence-electron chi connectivity index (χ4n) is 2.71. The molecule has 4 rings (SSSR count). The Kier molecular flexibility index (Phi) is 5.07. The molecule has 1 heterocycles. The van der Waals surface area contributed by atoms with Gasteiger partial charge in [0.05, 0.1) is 5.69 Å². The van der Waals surface area contributed by atoms with Gasteiger partial charge in [0.15, 0.2) is 0 Å². The van der Waals surface area contributed by atoms with Gasteiger partial charge in [-0.05, 0) is 65.9 Å². The number of benzene rings is 2. The lowest BCUT2D eigenvalue weighted by Gasteiger charge is -2.09. The van der Waals surface area contributed by atoms with Gasteiger partial charge in [-0.15, -0.1) is 5.10 Å². The van der Waals surface area contributed by atoms with Gasteiger partial charge in [-0.2, -0.15) is 4.68 Å². The number of nitrogens with one attached hydrogen (secondary N) is 2. The molecular formula is C19H18N6O2S. The molecule has 1 aliphatic rings. The normalized spacial score (nSPS) is 13.2. The minimum Gasteiger partial charge on any atom is -0.326 e. The third-order valence-corrected chi connectivity index (χ3v) is 4.93. The molecule has 1 aromatic heterocycles. The molecule has 2 aromatic carbocycles. The third-order valence-electron chi connectivity index (χ3n) is 4.31. The molecule has 0 unspecified atom stereocenters. The molecule has 1 aliphatic carbocycles. The van der Waals surface area contributed by atoms with E-state index in [2.05, 4.69) is 26.2 Å². The van der Waals surface area contributed by atoms with Crippen LogP contribution in [0.3, 0.4) is 0 Å². The first-order valence-corrected chi connectivity index (χ1v) is 10.0. The van der Waals surface area contributed by atoms with E-state index >= 15 is 0 Å². The third kappa shape index (κ3) is 4.04. The van der Waals surface area contributed by atoms with Gasteiger partial charge >= 0.3 is 0 Å². The summed E-state index contributed by atoms with van der Waals surface area (Å²) in [5.41, 5.74) is 2.46. The van der Waals surface area contributed by atoms with Crippen LogP contribution in [-0.4, -0.2) is 38.3 Å². The summed E-state index contributed by atoms with van der Waals surface area (Å²) in [6, 6.07) is 14.2. The fourth-order valence-corrected chi connectivity index (χ4v) is 3.15. The second kappa shape index (κ2) is 7.81. The average molecular weight is 394 g/mol. The van der Waals surface area contributed by atoms with E-state index in [9.17, 15) is 9.59 Å². The minimum atomic E-state index is -0.263. The first-order chi connectivity index (χ1) is 13.6. The number of hydrogen-bond acceptors (Lipinski definition) is 6. The van der Waals surface area contributed by atoms with Gasteiger partial charge in [0.1, 0.15) is 0 Å². The number of carbonyl (C=O) groups is 2. The van der Waals surface area contributed by atoms with E-state index in [4.69, 9.17) is 0 Å². The largest absolute Gasteiger partial charge is 0.326 e. The highest BCUT2D eigenvalue weighted by atomic mass is 32.2. The van der Waals surface area contributed by atoms with Gasteiger partial charge in [-0.25, -0.2) is 0 Å². The molecule has 0 saturated heterocycles. The van der Waals surface area contributed by atoms with Crippen molar-refractivity contribution in [3.05, 3.63) is 54.1 Å². The van der Waals surface area contributed by atoms with Crippen molar-refractivity contribution in [3.63, 3.8) is 0 Å². The van der Waals surface area contributed by atoms with Crippen molar-refractivity contribution in [2.24, 2.45) is 5.92 Å². The van der Waals surface area contributed by atoms with Gasteiger partial charge in [-0.3, -0.25) is 9.59 Å². The number of amides is 2. The predicted molar refractivity (Wildman–Crippen MR) is 107 cm³/mol.